The number of anilines is 1. The van der Waals surface area contributed by atoms with E-state index in [0.717, 1.165) is 25.6 Å². The topological polar surface area (TPSA) is 28.2 Å². The van der Waals surface area contributed by atoms with Crippen molar-refractivity contribution in [1.82, 2.24) is 10.3 Å². The Hall–Kier alpha value is -0.610. The van der Waals surface area contributed by atoms with E-state index in [1.807, 2.05) is 11.3 Å². The predicted molar refractivity (Wildman–Crippen MR) is 90.9 cm³/mol. The van der Waals surface area contributed by atoms with Crippen LogP contribution in [0, 0.1) is 12.8 Å². The van der Waals surface area contributed by atoms with Crippen LogP contribution in [0.4, 0.5) is 5.13 Å². The molecule has 0 spiro atoms. The molecule has 3 nitrogen and oxygen atoms in total. The molecule has 2 atom stereocenters. The van der Waals surface area contributed by atoms with Gasteiger partial charge in [0.05, 0.1) is 5.69 Å². The summed E-state index contributed by atoms with van der Waals surface area (Å²) >= 11 is 1.86. The summed E-state index contributed by atoms with van der Waals surface area (Å²) < 4.78 is 0. The fourth-order valence-electron chi connectivity index (χ4n) is 2.23. The van der Waals surface area contributed by atoms with Gasteiger partial charge in [0.2, 0.25) is 0 Å². The molecule has 1 rings (SSSR count). The molecular weight excluding hydrogens is 266 g/mol. The van der Waals surface area contributed by atoms with E-state index in [2.05, 4.69) is 51.8 Å². The lowest BCUT2D eigenvalue weighted by Gasteiger charge is -2.23. The van der Waals surface area contributed by atoms with Crippen LogP contribution in [0.25, 0.3) is 0 Å². The van der Waals surface area contributed by atoms with Crippen molar-refractivity contribution in [2.45, 2.75) is 60.4 Å². The summed E-state index contributed by atoms with van der Waals surface area (Å²) in [6, 6.07) is 0.406. The van der Waals surface area contributed by atoms with Crippen molar-refractivity contribution in [3.63, 3.8) is 0 Å². The van der Waals surface area contributed by atoms with E-state index in [4.69, 9.17) is 4.98 Å². The minimum atomic E-state index is 0.406. The maximum absolute atomic E-state index is 4.80. The van der Waals surface area contributed by atoms with Crippen molar-refractivity contribution in [2.75, 3.05) is 24.5 Å². The van der Waals surface area contributed by atoms with E-state index in [-0.39, 0.29) is 0 Å². The van der Waals surface area contributed by atoms with Crippen molar-refractivity contribution in [3.05, 3.63) is 10.6 Å². The van der Waals surface area contributed by atoms with Crippen molar-refractivity contribution >= 4 is 16.5 Å². The molecule has 2 unspecified atom stereocenters. The van der Waals surface area contributed by atoms with Crippen molar-refractivity contribution in [2.24, 2.45) is 5.92 Å². The molecule has 0 aliphatic carbocycles. The summed E-state index contributed by atoms with van der Waals surface area (Å²) in [5, 5.41) is 4.75. The Morgan fingerprint density at radius 3 is 2.50 bits per heavy atom. The first-order valence-corrected chi connectivity index (χ1v) is 8.80. The molecule has 0 aliphatic heterocycles. The minimum absolute atomic E-state index is 0.406. The molecule has 116 valence electrons. The lowest BCUT2D eigenvalue weighted by molar-refractivity contribution is 0.547. The van der Waals surface area contributed by atoms with Crippen molar-refractivity contribution in [1.29, 1.82) is 0 Å². The van der Waals surface area contributed by atoms with Gasteiger partial charge < -0.3 is 10.2 Å². The highest BCUT2D eigenvalue weighted by Gasteiger charge is 2.18. The fraction of sp³-hybridized carbons (Fsp3) is 0.812. The van der Waals surface area contributed by atoms with Crippen LogP contribution in [0.5, 0.6) is 0 Å². The van der Waals surface area contributed by atoms with E-state index in [9.17, 15) is 0 Å². The van der Waals surface area contributed by atoms with Gasteiger partial charge in [-0.1, -0.05) is 27.2 Å². The molecular formula is C16H31N3S. The van der Waals surface area contributed by atoms with Gasteiger partial charge in [0.15, 0.2) is 5.13 Å². The minimum Gasteiger partial charge on any atom is -0.348 e. The van der Waals surface area contributed by atoms with Crippen molar-refractivity contribution < 1.29 is 0 Å². The van der Waals surface area contributed by atoms with Gasteiger partial charge in [-0.2, -0.15) is 0 Å². The third kappa shape index (κ3) is 4.74. The SMILES string of the molecule is CCCNC(C)c1sc(N(CC)CC(C)CC)nc1C. The quantitative estimate of drug-likeness (QED) is 0.733. The number of hydrogen-bond donors (Lipinski definition) is 1. The van der Waals surface area contributed by atoms with Gasteiger partial charge in [-0.25, -0.2) is 4.98 Å². The summed E-state index contributed by atoms with van der Waals surface area (Å²) in [4.78, 5) is 8.61. The van der Waals surface area contributed by atoms with Crippen LogP contribution in [-0.4, -0.2) is 24.6 Å². The molecule has 0 aliphatic rings. The molecule has 0 saturated heterocycles. The van der Waals surface area contributed by atoms with Gasteiger partial charge in [0.25, 0.3) is 0 Å². The maximum Gasteiger partial charge on any atom is 0.185 e. The van der Waals surface area contributed by atoms with Gasteiger partial charge in [0.1, 0.15) is 0 Å². The zero-order valence-electron chi connectivity index (χ0n) is 14.0. The highest BCUT2D eigenvalue weighted by molar-refractivity contribution is 7.15. The number of thiazole rings is 1. The maximum atomic E-state index is 4.80. The van der Waals surface area contributed by atoms with Crippen LogP contribution < -0.4 is 10.2 Å². The summed E-state index contributed by atoms with van der Waals surface area (Å²) in [7, 11) is 0. The Bertz CT molecular complexity index is 389. The lowest BCUT2D eigenvalue weighted by Crippen LogP contribution is -2.27. The predicted octanol–water partition coefficient (Wildman–Crippen LogP) is 4.38. The van der Waals surface area contributed by atoms with E-state index in [0.29, 0.717) is 6.04 Å². The molecule has 0 saturated carbocycles. The molecule has 0 bridgehead atoms. The molecule has 4 heteroatoms. The average Bonchev–Trinajstić information content (AvgIpc) is 2.83. The number of hydrogen-bond acceptors (Lipinski definition) is 4. The first-order valence-electron chi connectivity index (χ1n) is 7.98. The standard InChI is InChI=1S/C16H31N3S/c1-7-10-17-13(5)15-14(6)18-16(20-15)19(9-3)11-12(4)8-2/h12-13,17H,7-11H2,1-6H3. The monoisotopic (exact) mass is 297 g/mol. The van der Waals surface area contributed by atoms with Crippen LogP contribution in [-0.2, 0) is 0 Å². The molecule has 1 aromatic heterocycles. The second-order valence-electron chi connectivity index (χ2n) is 5.67. The van der Waals surface area contributed by atoms with Crippen LogP contribution in [0.2, 0.25) is 0 Å². The number of rotatable bonds is 9. The smallest absolute Gasteiger partial charge is 0.185 e. The highest BCUT2D eigenvalue weighted by Crippen LogP contribution is 2.31. The van der Waals surface area contributed by atoms with E-state index in [1.165, 1.54) is 28.5 Å². The average molecular weight is 298 g/mol. The summed E-state index contributed by atoms with van der Waals surface area (Å²) in [6.07, 6.45) is 2.40. The van der Waals surface area contributed by atoms with Gasteiger partial charge in [-0.15, -0.1) is 11.3 Å². The van der Waals surface area contributed by atoms with E-state index >= 15 is 0 Å². The second kappa shape index (κ2) is 8.63. The van der Waals surface area contributed by atoms with Crippen LogP contribution in [0.3, 0.4) is 0 Å². The van der Waals surface area contributed by atoms with Crippen LogP contribution in [0.1, 0.15) is 64.1 Å². The van der Waals surface area contributed by atoms with Crippen LogP contribution in [0.15, 0.2) is 0 Å². The second-order valence-corrected chi connectivity index (χ2v) is 6.68. The molecule has 0 amide bonds. The zero-order chi connectivity index (χ0) is 15.1. The molecule has 1 aromatic rings. The first-order chi connectivity index (χ1) is 9.53. The highest BCUT2D eigenvalue weighted by atomic mass is 32.1. The number of nitrogens with zero attached hydrogens (tertiary/aromatic N) is 2. The van der Waals surface area contributed by atoms with E-state index < -0.39 is 0 Å². The molecule has 0 aromatic carbocycles. The summed E-state index contributed by atoms with van der Waals surface area (Å²) in [5.74, 6) is 0.721. The Morgan fingerprint density at radius 2 is 1.95 bits per heavy atom. The van der Waals surface area contributed by atoms with Gasteiger partial charge >= 0.3 is 0 Å². The number of aromatic nitrogens is 1. The van der Waals surface area contributed by atoms with Gasteiger partial charge in [-0.3, -0.25) is 0 Å². The third-order valence-corrected chi connectivity index (χ3v) is 5.20. The number of nitrogens with one attached hydrogen (secondary N) is 1. The Labute approximate surface area is 128 Å². The summed E-state index contributed by atoms with van der Waals surface area (Å²) in [6.45, 7) is 16.6. The molecule has 1 heterocycles. The molecule has 0 radical (unpaired) electrons. The zero-order valence-corrected chi connectivity index (χ0v) is 14.8. The Morgan fingerprint density at radius 1 is 1.25 bits per heavy atom. The summed E-state index contributed by atoms with van der Waals surface area (Å²) in [5.41, 5.74) is 1.18. The first kappa shape index (κ1) is 17.4. The normalized spacial score (nSPS) is 14.3. The largest absolute Gasteiger partial charge is 0.348 e. The van der Waals surface area contributed by atoms with E-state index in [1.54, 1.807) is 0 Å². The Kier molecular flexibility index (Phi) is 7.52. The van der Waals surface area contributed by atoms with Gasteiger partial charge in [0, 0.05) is 24.0 Å². The molecule has 0 fully saturated rings. The van der Waals surface area contributed by atoms with Crippen LogP contribution >= 0.6 is 11.3 Å². The van der Waals surface area contributed by atoms with Gasteiger partial charge in [-0.05, 0) is 39.7 Å². The van der Waals surface area contributed by atoms with Crippen molar-refractivity contribution in [3.8, 4) is 0 Å². The molecule has 20 heavy (non-hydrogen) atoms. The fourth-order valence-corrected chi connectivity index (χ4v) is 3.40. The number of aryl methyl sites for hydroxylation is 1. The molecule has 1 N–H and O–H groups in total. The lowest BCUT2D eigenvalue weighted by atomic mass is 10.1. The third-order valence-electron chi connectivity index (χ3n) is 3.80. The Balaban J connectivity index is 2.80.